The molecule has 0 radical (unpaired) electrons. The minimum Gasteiger partial charge on any atom is -0.444 e. The number of amides is 2. The fraction of sp³-hybridized carbons (Fsp3) is 0.300. The summed E-state index contributed by atoms with van der Waals surface area (Å²) in [6, 6.07) is 17.5. The standard InChI is InChI=1S/C30H31FN4O4/c1-20-12-13-21(31)19-24(20)38-28-25(26-23(11-8-14-32-26)35(28)22-9-6-5-7-10-22)27(36)33-15-17-34(18-16-33)29(37)39-30(2,3)4/h5-14,19H,15-18H2,1-4H3. The summed E-state index contributed by atoms with van der Waals surface area (Å²) in [6.45, 7) is 8.60. The molecule has 202 valence electrons. The number of fused-ring (bicyclic) bond motifs is 1. The number of carbonyl (C=O) groups excluding carboxylic acids is 2. The summed E-state index contributed by atoms with van der Waals surface area (Å²) < 4.78 is 27.9. The van der Waals surface area contributed by atoms with Crippen LogP contribution in [0.3, 0.4) is 0 Å². The molecule has 0 saturated carbocycles. The molecule has 1 fully saturated rings. The highest BCUT2D eigenvalue weighted by molar-refractivity contribution is 6.09. The third-order valence-electron chi connectivity index (χ3n) is 6.48. The van der Waals surface area contributed by atoms with Gasteiger partial charge in [0.25, 0.3) is 5.91 Å². The fourth-order valence-electron chi connectivity index (χ4n) is 4.58. The number of nitrogens with zero attached hydrogens (tertiary/aromatic N) is 4. The second-order valence-electron chi connectivity index (χ2n) is 10.5. The molecule has 0 bridgehead atoms. The molecule has 1 saturated heterocycles. The molecule has 8 nitrogen and oxygen atoms in total. The van der Waals surface area contributed by atoms with E-state index in [0.717, 1.165) is 11.3 Å². The second-order valence-corrected chi connectivity index (χ2v) is 10.5. The van der Waals surface area contributed by atoms with Crippen molar-refractivity contribution in [1.29, 1.82) is 0 Å². The average Bonchev–Trinajstić information content (AvgIpc) is 3.23. The van der Waals surface area contributed by atoms with Gasteiger partial charge in [0.2, 0.25) is 5.88 Å². The van der Waals surface area contributed by atoms with Gasteiger partial charge in [0, 0.05) is 44.1 Å². The molecule has 4 aromatic rings. The van der Waals surface area contributed by atoms with E-state index in [0.29, 0.717) is 43.0 Å². The molecule has 39 heavy (non-hydrogen) atoms. The molecule has 5 rings (SSSR count). The van der Waals surface area contributed by atoms with Crippen LogP contribution in [0.1, 0.15) is 36.7 Å². The third-order valence-corrected chi connectivity index (χ3v) is 6.48. The van der Waals surface area contributed by atoms with Crippen molar-refractivity contribution < 1.29 is 23.5 Å². The maximum absolute atomic E-state index is 14.2. The van der Waals surface area contributed by atoms with Crippen LogP contribution in [0.4, 0.5) is 9.18 Å². The van der Waals surface area contributed by atoms with E-state index in [1.165, 1.54) is 12.1 Å². The summed E-state index contributed by atoms with van der Waals surface area (Å²) in [5, 5.41) is 0. The van der Waals surface area contributed by atoms with Crippen molar-refractivity contribution in [3.05, 3.63) is 83.8 Å². The zero-order valence-electron chi connectivity index (χ0n) is 22.5. The van der Waals surface area contributed by atoms with Crippen LogP contribution in [-0.4, -0.2) is 63.1 Å². The maximum atomic E-state index is 14.2. The molecule has 0 N–H and O–H groups in total. The Labute approximate surface area is 226 Å². The monoisotopic (exact) mass is 530 g/mol. The van der Waals surface area contributed by atoms with Crippen molar-refractivity contribution in [2.75, 3.05) is 26.2 Å². The number of aryl methyl sites for hydroxylation is 1. The number of ether oxygens (including phenoxy) is 2. The molecule has 1 aliphatic heterocycles. The van der Waals surface area contributed by atoms with E-state index in [2.05, 4.69) is 4.98 Å². The van der Waals surface area contributed by atoms with E-state index < -0.39 is 17.5 Å². The first kappa shape index (κ1) is 26.2. The van der Waals surface area contributed by atoms with Crippen molar-refractivity contribution in [2.24, 2.45) is 0 Å². The Kier molecular flexibility index (Phi) is 6.99. The highest BCUT2D eigenvalue weighted by atomic mass is 19.1. The summed E-state index contributed by atoms with van der Waals surface area (Å²) in [5.74, 6) is -0.162. The van der Waals surface area contributed by atoms with Gasteiger partial charge >= 0.3 is 6.09 Å². The third kappa shape index (κ3) is 5.43. The molecular weight excluding hydrogens is 499 g/mol. The SMILES string of the molecule is Cc1ccc(F)cc1Oc1c(C(=O)N2CCN(C(=O)OC(C)(C)C)CC2)c2ncccc2n1-c1ccccc1. The van der Waals surface area contributed by atoms with Crippen LogP contribution >= 0.6 is 0 Å². The van der Waals surface area contributed by atoms with Gasteiger partial charge in [-0.1, -0.05) is 24.3 Å². The summed E-state index contributed by atoms with van der Waals surface area (Å²) in [6.07, 6.45) is 1.23. The van der Waals surface area contributed by atoms with Gasteiger partial charge in [-0.05, 0) is 63.6 Å². The topological polar surface area (TPSA) is 76.9 Å². The lowest BCUT2D eigenvalue weighted by Gasteiger charge is -2.35. The number of rotatable bonds is 4. The van der Waals surface area contributed by atoms with Crippen LogP contribution in [0.5, 0.6) is 11.6 Å². The number of pyridine rings is 1. The molecule has 1 aliphatic rings. The lowest BCUT2D eigenvalue weighted by molar-refractivity contribution is 0.0140. The first-order valence-electron chi connectivity index (χ1n) is 12.9. The van der Waals surface area contributed by atoms with E-state index in [1.54, 1.807) is 28.1 Å². The normalized spacial score (nSPS) is 14.0. The molecule has 0 aliphatic carbocycles. The van der Waals surface area contributed by atoms with Crippen molar-refractivity contribution in [2.45, 2.75) is 33.3 Å². The zero-order chi connectivity index (χ0) is 27.7. The van der Waals surface area contributed by atoms with Gasteiger partial charge < -0.3 is 19.3 Å². The van der Waals surface area contributed by atoms with Crippen molar-refractivity contribution in [3.63, 3.8) is 0 Å². The molecular formula is C30H31FN4O4. The van der Waals surface area contributed by atoms with Gasteiger partial charge in [-0.15, -0.1) is 0 Å². The average molecular weight is 531 g/mol. The van der Waals surface area contributed by atoms with Crippen molar-refractivity contribution in [3.8, 4) is 17.3 Å². The van der Waals surface area contributed by atoms with Crippen LogP contribution in [0.15, 0.2) is 66.9 Å². The summed E-state index contributed by atoms with van der Waals surface area (Å²) >= 11 is 0. The smallest absolute Gasteiger partial charge is 0.410 e. The maximum Gasteiger partial charge on any atom is 0.410 e. The Morgan fingerprint density at radius 2 is 1.62 bits per heavy atom. The molecule has 0 spiro atoms. The van der Waals surface area contributed by atoms with Crippen molar-refractivity contribution in [1.82, 2.24) is 19.4 Å². The Bertz CT molecular complexity index is 1520. The van der Waals surface area contributed by atoms with Crippen LogP contribution in [0.25, 0.3) is 16.7 Å². The van der Waals surface area contributed by atoms with Crippen molar-refractivity contribution >= 4 is 23.0 Å². The van der Waals surface area contributed by atoms with E-state index in [-0.39, 0.29) is 17.4 Å². The first-order valence-corrected chi connectivity index (χ1v) is 12.9. The van der Waals surface area contributed by atoms with Gasteiger partial charge in [-0.25, -0.2) is 9.18 Å². The Balaban J connectivity index is 1.56. The van der Waals surface area contributed by atoms with E-state index in [4.69, 9.17) is 9.47 Å². The van der Waals surface area contributed by atoms with E-state index in [9.17, 15) is 14.0 Å². The van der Waals surface area contributed by atoms with Gasteiger partial charge in [-0.2, -0.15) is 0 Å². The highest BCUT2D eigenvalue weighted by Gasteiger charge is 2.33. The Hall–Kier alpha value is -4.40. The largest absolute Gasteiger partial charge is 0.444 e. The lowest BCUT2D eigenvalue weighted by atomic mass is 10.2. The van der Waals surface area contributed by atoms with Gasteiger partial charge in [0.1, 0.15) is 28.2 Å². The highest BCUT2D eigenvalue weighted by Crippen LogP contribution is 2.38. The number of aromatic nitrogens is 2. The minimum absolute atomic E-state index is 0.253. The van der Waals surface area contributed by atoms with Gasteiger partial charge in [-0.3, -0.25) is 14.3 Å². The molecule has 3 heterocycles. The summed E-state index contributed by atoms with van der Waals surface area (Å²) in [4.78, 5) is 34.5. The van der Waals surface area contributed by atoms with E-state index in [1.807, 2.05) is 68.7 Å². The Morgan fingerprint density at radius 1 is 0.923 bits per heavy atom. The molecule has 2 amide bonds. The second kappa shape index (κ2) is 10.4. The Morgan fingerprint density at radius 3 is 2.31 bits per heavy atom. The molecule has 0 atom stereocenters. The van der Waals surface area contributed by atoms with E-state index >= 15 is 0 Å². The minimum atomic E-state index is -0.601. The summed E-state index contributed by atoms with van der Waals surface area (Å²) in [5.41, 5.74) is 2.33. The first-order chi connectivity index (χ1) is 18.6. The van der Waals surface area contributed by atoms with Crippen LogP contribution in [-0.2, 0) is 4.74 Å². The number of halogens is 1. The number of hydrogen-bond donors (Lipinski definition) is 0. The number of carbonyl (C=O) groups is 2. The fourth-order valence-corrected chi connectivity index (χ4v) is 4.58. The summed E-state index contributed by atoms with van der Waals surface area (Å²) in [7, 11) is 0. The quantitative estimate of drug-likeness (QED) is 0.326. The van der Waals surface area contributed by atoms with Gasteiger partial charge in [0.05, 0.1) is 5.52 Å². The molecule has 0 unspecified atom stereocenters. The van der Waals surface area contributed by atoms with Crippen LogP contribution in [0, 0.1) is 12.7 Å². The number of piperazine rings is 1. The van der Waals surface area contributed by atoms with Crippen LogP contribution < -0.4 is 4.74 Å². The number of benzene rings is 2. The lowest BCUT2D eigenvalue weighted by Crippen LogP contribution is -2.51. The predicted molar refractivity (Wildman–Crippen MR) is 146 cm³/mol. The predicted octanol–water partition coefficient (Wildman–Crippen LogP) is 5.96. The zero-order valence-corrected chi connectivity index (χ0v) is 22.5. The number of para-hydroxylation sites is 1. The van der Waals surface area contributed by atoms with Gasteiger partial charge in [0.15, 0.2) is 0 Å². The molecule has 2 aromatic heterocycles. The molecule has 9 heteroatoms. The van der Waals surface area contributed by atoms with Crippen LogP contribution in [0.2, 0.25) is 0 Å². The molecule has 2 aromatic carbocycles. The number of hydrogen-bond acceptors (Lipinski definition) is 5.